The van der Waals surface area contributed by atoms with Gasteiger partial charge < -0.3 is 10.7 Å². The van der Waals surface area contributed by atoms with Gasteiger partial charge >= 0.3 is 0 Å². The molecular weight excluding hydrogens is 277 g/mol. The van der Waals surface area contributed by atoms with Gasteiger partial charge in [-0.2, -0.15) is 0 Å². The number of fused-ring (bicyclic) bond motifs is 6. The molecule has 2 heterocycles. The number of rotatable bonds is 0. The van der Waals surface area contributed by atoms with Crippen LogP contribution < -0.4 is 11.3 Å². The molecule has 6 heteroatoms. The van der Waals surface area contributed by atoms with Gasteiger partial charge in [0.2, 0.25) is 0 Å². The van der Waals surface area contributed by atoms with Crippen LogP contribution in [-0.4, -0.2) is 9.97 Å². The van der Waals surface area contributed by atoms with Crippen molar-refractivity contribution in [3.63, 3.8) is 0 Å². The summed E-state index contributed by atoms with van der Waals surface area (Å²) in [6.07, 6.45) is 1.57. The van der Waals surface area contributed by atoms with Crippen LogP contribution in [0.15, 0.2) is 35.3 Å². The number of hydrogen-bond donors (Lipinski definition) is 2. The molecule has 0 atom stereocenters. The summed E-state index contributed by atoms with van der Waals surface area (Å²) in [6, 6.07) is 6.15. The van der Waals surface area contributed by atoms with E-state index < -0.39 is 0 Å². The molecule has 0 saturated carbocycles. The lowest BCUT2D eigenvalue weighted by atomic mass is 10.0. The largest absolute Gasteiger partial charge is 0.375 e. The first-order valence-corrected chi connectivity index (χ1v) is 6.75. The number of nitrogens with two attached hydrogens (primary N) is 1. The number of halogens is 1. The summed E-state index contributed by atoms with van der Waals surface area (Å²) in [5.74, 6) is -0.385. The summed E-state index contributed by atoms with van der Waals surface area (Å²) in [5.41, 5.74) is 6.25. The fourth-order valence-electron chi connectivity index (χ4n) is 2.57. The van der Waals surface area contributed by atoms with Crippen LogP contribution in [0.3, 0.4) is 0 Å². The quantitative estimate of drug-likeness (QED) is 0.488. The normalized spacial score (nSPS) is 11.7. The second-order valence-electron chi connectivity index (χ2n) is 4.52. The Morgan fingerprint density at radius 2 is 2.05 bits per heavy atom. The topological polar surface area (TPSA) is 71.8 Å². The summed E-state index contributed by atoms with van der Waals surface area (Å²) >= 11 is 1.33. The monoisotopic (exact) mass is 285 g/mol. The summed E-state index contributed by atoms with van der Waals surface area (Å²) < 4.78 is 14.4. The van der Waals surface area contributed by atoms with E-state index in [2.05, 4.69) is 9.97 Å². The van der Waals surface area contributed by atoms with Gasteiger partial charge in [-0.1, -0.05) is 11.3 Å². The van der Waals surface area contributed by atoms with Crippen LogP contribution in [0.5, 0.6) is 0 Å². The van der Waals surface area contributed by atoms with Crippen molar-refractivity contribution in [2.75, 3.05) is 5.73 Å². The highest BCUT2D eigenvalue weighted by atomic mass is 32.1. The number of H-pyrrole nitrogens is 1. The van der Waals surface area contributed by atoms with Crippen LogP contribution in [0.1, 0.15) is 0 Å². The van der Waals surface area contributed by atoms with Crippen LogP contribution in [-0.2, 0) is 0 Å². The molecule has 98 valence electrons. The third-order valence-electron chi connectivity index (χ3n) is 3.36. The number of hydrogen-bond acceptors (Lipinski definition) is 4. The lowest BCUT2D eigenvalue weighted by Gasteiger charge is -2.05. The molecule has 0 bridgehead atoms. The molecule has 2 aromatic carbocycles. The minimum absolute atomic E-state index is 0.244. The number of aromatic nitrogens is 2. The number of anilines is 1. The maximum Gasteiger partial charge on any atom is 0.256 e. The third kappa shape index (κ3) is 1.39. The van der Waals surface area contributed by atoms with E-state index >= 15 is 0 Å². The minimum atomic E-state index is -0.385. The number of thiazole rings is 1. The third-order valence-corrected chi connectivity index (χ3v) is 4.27. The molecule has 0 spiro atoms. The van der Waals surface area contributed by atoms with Crippen LogP contribution in [0.2, 0.25) is 0 Å². The molecule has 2 aromatic heterocycles. The van der Waals surface area contributed by atoms with E-state index in [1.165, 1.54) is 23.5 Å². The molecule has 0 radical (unpaired) electrons. The van der Waals surface area contributed by atoms with E-state index in [0.717, 1.165) is 15.5 Å². The average Bonchev–Trinajstić information content (AvgIpc) is 2.80. The first-order valence-electron chi connectivity index (χ1n) is 5.94. The summed E-state index contributed by atoms with van der Waals surface area (Å²) in [7, 11) is 0. The molecular formula is C14H8FN3OS. The highest BCUT2D eigenvalue weighted by Crippen LogP contribution is 2.37. The number of benzene rings is 2. The summed E-state index contributed by atoms with van der Waals surface area (Å²) in [5, 5.41) is 2.94. The zero-order chi connectivity index (χ0) is 13.9. The molecule has 0 unspecified atom stereocenters. The molecule has 0 aliphatic rings. The van der Waals surface area contributed by atoms with Gasteiger partial charge in [-0.15, -0.1) is 0 Å². The first-order chi connectivity index (χ1) is 9.65. The SMILES string of the molecule is Nc1nc2c3ccc(F)cc3c3c(=O)[nH]ccc3c2s1. The standard InChI is InChI=1S/C14H8FN3OS/c15-6-1-2-7-9(5-6)10-8(3-4-17-13(10)19)12-11(7)18-14(16)20-12/h1-5H,(H2,16,18)(H,17,19). The molecule has 3 N–H and O–H groups in total. The fourth-order valence-corrected chi connectivity index (χ4v) is 3.45. The zero-order valence-electron chi connectivity index (χ0n) is 10.1. The van der Waals surface area contributed by atoms with E-state index in [1.807, 2.05) is 0 Å². The van der Waals surface area contributed by atoms with E-state index in [9.17, 15) is 9.18 Å². The Kier molecular flexibility index (Phi) is 2.14. The lowest BCUT2D eigenvalue weighted by molar-refractivity contribution is 0.630. The van der Waals surface area contributed by atoms with Gasteiger partial charge in [-0.25, -0.2) is 9.37 Å². The molecule has 0 amide bonds. The number of aromatic amines is 1. The van der Waals surface area contributed by atoms with Gasteiger partial charge in [-0.05, 0) is 24.3 Å². The predicted octanol–water partition coefficient (Wildman–Crippen LogP) is 3.01. The van der Waals surface area contributed by atoms with Gasteiger partial charge in [0.25, 0.3) is 5.56 Å². The number of pyridine rings is 1. The molecule has 4 aromatic rings. The van der Waals surface area contributed by atoms with Gasteiger partial charge in [0.05, 0.1) is 15.6 Å². The second-order valence-corrected chi connectivity index (χ2v) is 5.55. The van der Waals surface area contributed by atoms with Crippen molar-refractivity contribution in [1.82, 2.24) is 9.97 Å². The zero-order valence-corrected chi connectivity index (χ0v) is 10.9. The van der Waals surface area contributed by atoms with Gasteiger partial charge in [-0.3, -0.25) is 4.79 Å². The number of nitrogen functional groups attached to an aromatic ring is 1. The van der Waals surface area contributed by atoms with E-state index in [-0.39, 0.29) is 11.4 Å². The minimum Gasteiger partial charge on any atom is -0.375 e. The first kappa shape index (κ1) is 11.4. The van der Waals surface area contributed by atoms with Crippen LogP contribution >= 0.6 is 11.3 Å². The van der Waals surface area contributed by atoms with Crippen LogP contribution in [0.25, 0.3) is 31.8 Å². The molecule has 0 aliphatic heterocycles. The fraction of sp³-hybridized carbons (Fsp3) is 0. The number of nitrogens with one attached hydrogen (secondary N) is 1. The van der Waals surface area contributed by atoms with E-state index in [1.54, 1.807) is 18.3 Å². The Hall–Kier alpha value is -2.47. The van der Waals surface area contributed by atoms with Gasteiger partial charge in [0.15, 0.2) is 5.13 Å². The Morgan fingerprint density at radius 3 is 2.90 bits per heavy atom. The molecule has 0 saturated heterocycles. The molecule has 0 fully saturated rings. The molecule has 4 rings (SSSR count). The predicted molar refractivity (Wildman–Crippen MR) is 79.6 cm³/mol. The van der Waals surface area contributed by atoms with Crippen molar-refractivity contribution in [2.45, 2.75) is 0 Å². The van der Waals surface area contributed by atoms with Gasteiger partial charge in [0.1, 0.15) is 5.82 Å². The smallest absolute Gasteiger partial charge is 0.256 e. The molecule has 4 nitrogen and oxygen atoms in total. The van der Waals surface area contributed by atoms with Crippen molar-refractivity contribution < 1.29 is 4.39 Å². The van der Waals surface area contributed by atoms with Crippen LogP contribution in [0, 0.1) is 5.82 Å². The number of nitrogens with zero attached hydrogens (tertiary/aromatic N) is 1. The highest BCUT2D eigenvalue weighted by Gasteiger charge is 2.14. The lowest BCUT2D eigenvalue weighted by Crippen LogP contribution is -2.05. The van der Waals surface area contributed by atoms with Gasteiger partial charge in [0, 0.05) is 22.4 Å². The summed E-state index contributed by atoms with van der Waals surface area (Å²) in [6.45, 7) is 0. The van der Waals surface area contributed by atoms with Crippen molar-refractivity contribution in [3.8, 4) is 0 Å². The van der Waals surface area contributed by atoms with Crippen molar-refractivity contribution >= 4 is 48.2 Å². The second kappa shape index (κ2) is 3.77. The Labute approximate surface area is 115 Å². The van der Waals surface area contributed by atoms with Crippen molar-refractivity contribution in [1.29, 1.82) is 0 Å². The van der Waals surface area contributed by atoms with E-state index in [0.29, 0.717) is 21.4 Å². The summed E-state index contributed by atoms with van der Waals surface area (Å²) in [4.78, 5) is 19.1. The Balaban J connectivity index is 2.48. The Bertz CT molecular complexity index is 1050. The maximum absolute atomic E-state index is 13.5. The van der Waals surface area contributed by atoms with Crippen molar-refractivity contribution in [3.05, 3.63) is 46.6 Å². The molecule has 20 heavy (non-hydrogen) atoms. The van der Waals surface area contributed by atoms with Crippen molar-refractivity contribution in [2.24, 2.45) is 0 Å². The Morgan fingerprint density at radius 1 is 1.20 bits per heavy atom. The van der Waals surface area contributed by atoms with Crippen LogP contribution in [0.4, 0.5) is 9.52 Å². The maximum atomic E-state index is 13.5. The molecule has 0 aliphatic carbocycles. The van der Waals surface area contributed by atoms with E-state index in [4.69, 9.17) is 5.73 Å². The average molecular weight is 285 g/mol. The highest BCUT2D eigenvalue weighted by molar-refractivity contribution is 7.23.